The molecule has 2 aromatic rings. The van der Waals surface area contributed by atoms with E-state index in [1.54, 1.807) is 12.4 Å². The Morgan fingerprint density at radius 3 is 2.80 bits per heavy atom. The molecule has 0 aliphatic rings. The molecule has 0 amide bonds. The van der Waals surface area contributed by atoms with Gasteiger partial charge >= 0.3 is 0 Å². The zero-order valence-corrected chi connectivity index (χ0v) is 9.61. The van der Waals surface area contributed by atoms with Gasteiger partial charge in [0.15, 0.2) is 0 Å². The number of pyridine rings is 2. The fraction of sp³-hybridized carbons (Fsp3) is 0.0909. The van der Waals surface area contributed by atoms with Crippen LogP contribution in [0.5, 0.6) is 0 Å². The number of halogens is 1. The number of nitrogens with one attached hydrogen (secondary N) is 1. The second-order valence-corrected chi connectivity index (χ2v) is 3.90. The monoisotopic (exact) mass is 263 g/mol. The molecule has 0 unspecified atom stereocenters. The third-order valence-corrected chi connectivity index (χ3v) is 2.58. The van der Waals surface area contributed by atoms with Gasteiger partial charge in [0, 0.05) is 25.1 Å². The van der Waals surface area contributed by atoms with Gasteiger partial charge in [-0.1, -0.05) is 6.07 Å². The first-order chi connectivity index (χ1) is 7.36. The molecule has 0 atom stereocenters. The largest absolute Gasteiger partial charge is 0.365 e. The second kappa shape index (κ2) is 4.89. The predicted octanol–water partition coefficient (Wildman–Crippen LogP) is 2.85. The zero-order valence-electron chi connectivity index (χ0n) is 8.02. The Morgan fingerprint density at radius 1 is 1.20 bits per heavy atom. The molecule has 0 bridgehead atoms. The van der Waals surface area contributed by atoms with Crippen LogP contribution in [0, 0.1) is 0 Å². The number of hydrogen-bond donors (Lipinski definition) is 1. The fourth-order valence-electron chi connectivity index (χ4n) is 1.20. The van der Waals surface area contributed by atoms with Crippen molar-refractivity contribution in [3.05, 3.63) is 52.9 Å². The van der Waals surface area contributed by atoms with Gasteiger partial charge in [0.25, 0.3) is 0 Å². The van der Waals surface area contributed by atoms with Crippen LogP contribution in [0.4, 0.5) is 5.82 Å². The van der Waals surface area contributed by atoms with Crippen molar-refractivity contribution in [1.29, 1.82) is 0 Å². The van der Waals surface area contributed by atoms with Crippen LogP contribution in [-0.4, -0.2) is 9.97 Å². The number of aromatic nitrogens is 2. The maximum atomic E-state index is 4.21. The van der Waals surface area contributed by atoms with Crippen LogP contribution in [-0.2, 0) is 6.54 Å². The number of hydrogen-bond acceptors (Lipinski definition) is 3. The first kappa shape index (κ1) is 10.1. The SMILES string of the molecule is Brc1cccnc1NCc1cccnc1. The van der Waals surface area contributed by atoms with Crippen molar-refractivity contribution >= 4 is 21.7 Å². The van der Waals surface area contributed by atoms with Crippen LogP contribution < -0.4 is 5.32 Å². The quantitative estimate of drug-likeness (QED) is 0.926. The summed E-state index contributed by atoms with van der Waals surface area (Å²) in [6.07, 6.45) is 5.36. The summed E-state index contributed by atoms with van der Waals surface area (Å²) in [4.78, 5) is 8.26. The highest BCUT2D eigenvalue weighted by Crippen LogP contribution is 2.18. The van der Waals surface area contributed by atoms with E-state index < -0.39 is 0 Å². The summed E-state index contributed by atoms with van der Waals surface area (Å²) >= 11 is 3.43. The zero-order chi connectivity index (χ0) is 10.5. The minimum absolute atomic E-state index is 0.726. The second-order valence-electron chi connectivity index (χ2n) is 3.05. The molecule has 0 fully saturated rings. The van der Waals surface area contributed by atoms with E-state index in [0.717, 1.165) is 22.4 Å². The van der Waals surface area contributed by atoms with Crippen molar-refractivity contribution in [2.24, 2.45) is 0 Å². The van der Waals surface area contributed by atoms with Crippen LogP contribution in [0.25, 0.3) is 0 Å². The topological polar surface area (TPSA) is 37.8 Å². The lowest BCUT2D eigenvalue weighted by atomic mass is 10.3. The molecule has 15 heavy (non-hydrogen) atoms. The summed E-state index contributed by atoms with van der Waals surface area (Å²) in [7, 11) is 0. The van der Waals surface area contributed by atoms with E-state index >= 15 is 0 Å². The van der Waals surface area contributed by atoms with Gasteiger partial charge in [-0.05, 0) is 39.7 Å². The number of nitrogens with zero attached hydrogens (tertiary/aromatic N) is 2. The summed E-state index contributed by atoms with van der Waals surface area (Å²) in [5.41, 5.74) is 1.13. The van der Waals surface area contributed by atoms with E-state index in [9.17, 15) is 0 Å². The van der Waals surface area contributed by atoms with E-state index in [0.29, 0.717) is 0 Å². The van der Waals surface area contributed by atoms with Gasteiger partial charge in [0.2, 0.25) is 0 Å². The highest BCUT2D eigenvalue weighted by molar-refractivity contribution is 9.10. The molecule has 0 radical (unpaired) electrons. The van der Waals surface area contributed by atoms with Crippen LogP contribution in [0.15, 0.2) is 47.3 Å². The van der Waals surface area contributed by atoms with Crippen LogP contribution in [0.2, 0.25) is 0 Å². The van der Waals surface area contributed by atoms with Crippen molar-refractivity contribution in [3.8, 4) is 0 Å². The van der Waals surface area contributed by atoms with E-state index in [1.165, 1.54) is 0 Å². The molecule has 0 aromatic carbocycles. The normalized spacial score (nSPS) is 9.93. The molecule has 3 nitrogen and oxygen atoms in total. The lowest BCUT2D eigenvalue weighted by Gasteiger charge is -2.06. The highest BCUT2D eigenvalue weighted by atomic mass is 79.9. The molecule has 0 spiro atoms. The van der Waals surface area contributed by atoms with Crippen molar-refractivity contribution in [2.45, 2.75) is 6.54 Å². The molecular weight excluding hydrogens is 254 g/mol. The average Bonchev–Trinajstić information content (AvgIpc) is 2.29. The maximum Gasteiger partial charge on any atom is 0.140 e. The van der Waals surface area contributed by atoms with Gasteiger partial charge in [-0.25, -0.2) is 4.98 Å². The summed E-state index contributed by atoms with van der Waals surface area (Å²) in [6.45, 7) is 0.726. The molecule has 2 heterocycles. The Hall–Kier alpha value is -1.42. The third-order valence-electron chi connectivity index (χ3n) is 1.94. The molecule has 0 saturated heterocycles. The Labute approximate surface area is 96.7 Å². The van der Waals surface area contributed by atoms with Gasteiger partial charge < -0.3 is 5.32 Å². The molecule has 4 heteroatoms. The first-order valence-corrected chi connectivity index (χ1v) is 5.39. The van der Waals surface area contributed by atoms with E-state index in [4.69, 9.17) is 0 Å². The lowest BCUT2D eigenvalue weighted by molar-refractivity contribution is 1.08. The molecular formula is C11H10BrN3. The van der Waals surface area contributed by atoms with Crippen LogP contribution >= 0.6 is 15.9 Å². The van der Waals surface area contributed by atoms with Crippen LogP contribution in [0.3, 0.4) is 0 Å². The molecule has 2 rings (SSSR count). The van der Waals surface area contributed by atoms with Gasteiger partial charge in [-0.3, -0.25) is 4.98 Å². The van der Waals surface area contributed by atoms with Gasteiger partial charge in [0.1, 0.15) is 5.82 Å². The average molecular weight is 264 g/mol. The van der Waals surface area contributed by atoms with Gasteiger partial charge in [-0.15, -0.1) is 0 Å². The summed E-state index contributed by atoms with van der Waals surface area (Å²) in [5.74, 6) is 0.848. The van der Waals surface area contributed by atoms with Crippen molar-refractivity contribution < 1.29 is 0 Å². The highest BCUT2D eigenvalue weighted by Gasteiger charge is 1.98. The predicted molar refractivity (Wildman–Crippen MR) is 63.5 cm³/mol. The Morgan fingerprint density at radius 2 is 2.07 bits per heavy atom. The summed E-state index contributed by atoms with van der Waals surface area (Å²) in [5, 5.41) is 3.23. The van der Waals surface area contributed by atoms with E-state index in [-0.39, 0.29) is 0 Å². The fourth-order valence-corrected chi connectivity index (χ4v) is 1.60. The minimum atomic E-state index is 0.726. The number of anilines is 1. The Kier molecular flexibility index (Phi) is 3.29. The smallest absolute Gasteiger partial charge is 0.140 e. The Bertz CT molecular complexity index is 431. The van der Waals surface area contributed by atoms with Gasteiger partial charge in [0.05, 0.1) is 4.47 Å². The third kappa shape index (κ3) is 2.76. The van der Waals surface area contributed by atoms with E-state index in [2.05, 4.69) is 31.2 Å². The van der Waals surface area contributed by atoms with Crippen LogP contribution in [0.1, 0.15) is 5.56 Å². The standard InChI is InChI=1S/C11H10BrN3/c12-10-4-2-6-14-11(10)15-8-9-3-1-5-13-7-9/h1-7H,8H2,(H,14,15). The number of rotatable bonds is 3. The lowest BCUT2D eigenvalue weighted by Crippen LogP contribution is -2.01. The first-order valence-electron chi connectivity index (χ1n) is 4.59. The maximum absolute atomic E-state index is 4.21. The molecule has 76 valence electrons. The molecule has 1 N–H and O–H groups in total. The molecule has 0 aliphatic carbocycles. The Balaban J connectivity index is 2.03. The molecule has 0 aliphatic heterocycles. The molecule has 2 aromatic heterocycles. The van der Waals surface area contributed by atoms with Crippen molar-refractivity contribution in [2.75, 3.05) is 5.32 Å². The van der Waals surface area contributed by atoms with Crippen molar-refractivity contribution in [3.63, 3.8) is 0 Å². The summed E-state index contributed by atoms with van der Waals surface area (Å²) in [6, 6.07) is 7.79. The van der Waals surface area contributed by atoms with Gasteiger partial charge in [-0.2, -0.15) is 0 Å². The van der Waals surface area contributed by atoms with Crippen molar-refractivity contribution in [1.82, 2.24) is 9.97 Å². The molecule has 0 saturated carbocycles. The minimum Gasteiger partial charge on any atom is -0.365 e. The summed E-state index contributed by atoms with van der Waals surface area (Å²) < 4.78 is 0.967. The van der Waals surface area contributed by atoms with E-state index in [1.807, 2.05) is 30.5 Å².